The van der Waals surface area contributed by atoms with Crippen molar-refractivity contribution in [3.05, 3.63) is 36.0 Å². The van der Waals surface area contributed by atoms with Crippen molar-refractivity contribution in [2.24, 2.45) is 0 Å². The van der Waals surface area contributed by atoms with E-state index in [9.17, 15) is 0 Å². The van der Waals surface area contributed by atoms with Gasteiger partial charge >= 0.3 is 0 Å². The average Bonchev–Trinajstić information content (AvgIpc) is 2.77. The molecular formula is C13H17N3O2. The minimum atomic E-state index is -0.111. The van der Waals surface area contributed by atoms with Crippen LogP contribution in [0.5, 0.6) is 5.75 Å². The molecule has 1 aromatic carbocycles. The normalized spacial score (nSPS) is 11.5. The number of rotatable bonds is 3. The second-order valence-electron chi connectivity index (χ2n) is 5.16. The molecule has 0 aliphatic heterocycles. The summed E-state index contributed by atoms with van der Waals surface area (Å²) in [7, 11) is 0. The molecule has 0 aliphatic rings. The Hall–Kier alpha value is -2.04. The molecule has 0 fully saturated rings. The van der Waals surface area contributed by atoms with Gasteiger partial charge in [-0.25, -0.2) is 0 Å². The van der Waals surface area contributed by atoms with Crippen LogP contribution in [0.15, 0.2) is 28.8 Å². The lowest BCUT2D eigenvalue weighted by Gasteiger charge is -2.10. The Kier molecular flexibility index (Phi) is 3.23. The SMILES string of the molecule is CC(C)(C)c1noc(CNc2ccc(O)cc2)n1. The van der Waals surface area contributed by atoms with E-state index >= 15 is 0 Å². The predicted octanol–water partition coefficient (Wildman–Crippen LogP) is 2.68. The molecule has 0 unspecified atom stereocenters. The van der Waals surface area contributed by atoms with Gasteiger partial charge in [-0.2, -0.15) is 4.98 Å². The van der Waals surface area contributed by atoms with E-state index in [1.54, 1.807) is 24.3 Å². The Morgan fingerprint density at radius 1 is 1.22 bits per heavy atom. The molecule has 0 saturated carbocycles. The molecule has 0 spiro atoms. The molecule has 0 bridgehead atoms. The molecule has 2 N–H and O–H groups in total. The zero-order chi connectivity index (χ0) is 13.2. The lowest BCUT2D eigenvalue weighted by molar-refractivity contribution is 0.367. The quantitative estimate of drug-likeness (QED) is 0.816. The summed E-state index contributed by atoms with van der Waals surface area (Å²) in [5.74, 6) is 1.49. The molecular weight excluding hydrogens is 230 g/mol. The minimum Gasteiger partial charge on any atom is -0.508 e. The van der Waals surface area contributed by atoms with Crippen molar-refractivity contribution in [1.29, 1.82) is 0 Å². The maximum atomic E-state index is 9.17. The van der Waals surface area contributed by atoms with Crippen LogP contribution in [-0.4, -0.2) is 15.2 Å². The van der Waals surface area contributed by atoms with Crippen LogP contribution >= 0.6 is 0 Å². The summed E-state index contributed by atoms with van der Waals surface area (Å²) in [5.41, 5.74) is 0.781. The Bertz CT molecular complexity index is 512. The second kappa shape index (κ2) is 4.68. The predicted molar refractivity (Wildman–Crippen MR) is 68.4 cm³/mol. The Balaban J connectivity index is 1.98. The first-order chi connectivity index (χ1) is 8.45. The maximum Gasteiger partial charge on any atom is 0.245 e. The fourth-order valence-corrected chi connectivity index (χ4v) is 1.39. The van der Waals surface area contributed by atoms with Crippen molar-refractivity contribution in [3.8, 4) is 5.75 Å². The van der Waals surface area contributed by atoms with Gasteiger partial charge in [0.1, 0.15) is 5.75 Å². The second-order valence-corrected chi connectivity index (χ2v) is 5.16. The molecule has 1 heterocycles. The lowest BCUT2D eigenvalue weighted by atomic mass is 9.96. The summed E-state index contributed by atoms with van der Waals surface area (Å²) < 4.78 is 5.16. The number of hydrogen-bond donors (Lipinski definition) is 2. The molecule has 0 saturated heterocycles. The van der Waals surface area contributed by atoms with E-state index in [2.05, 4.69) is 15.5 Å². The third-order valence-electron chi connectivity index (χ3n) is 2.45. The summed E-state index contributed by atoms with van der Waals surface area (Å²) in [6.07, 6.45) is 0. The van der Waals surface area contributed by atoms with E-state index in [1.807, 2.05) is 20.8 Å². The number of anilines is 1. The lowest BCUT2D eigenvalue weighted by Crippen LogP contribution is -2.13. The van der Waals surface area contributed by atoms with Crippen LogP contribution in [0, 0.1) is 0 Å². The van der Waals surface area contributed by atoms with Crippen LogP contribution in [0.2, 0.25) is 0 Å². The molecule has 2 rings (SSSR count). The Labute approximate surface area is 106 Å². The van der Waals surface area contributed by atoms with Gasteiger partial charge in [-0.05, 0) is 24.3 Å². The van der Waals surface area contributed by atoms with E-state index < -0.39 is 0 Å². The summed E-state index contributed by atoms with van der Waals surface area (Å²) in [5, 5.41) is 16.3. The summed E-state index contributed by atoms with van der Waals surface area (Å²) in [6, 6.07) is 6.82. The first kappa shape index (κ1) is 12.4. The first-order valence-electron chi connectivity index (χ1n) is 5.81. The highest BCUT2D eigenvalue weighted by Gasteiger charge is 2.20. The number of hydrogen-bond acceptors (Lipinski definition) is 5. The van der Waals surface area contributed by atoms with E-state index in [0.717, 1.165) is 5.69 Å². The number of aromatic nitrogens is 2. The molecule has 18 heavy (non-hydrogen) atoms. The van der Waals surface area contributed by atoms with Crippen LogP contribution < -0.4 is 5.32 Å². The molecule has 0 amide bonds. The number of aromatic hydroxyl groups is 1. The molecule has 1 aromatic heterocycles. The number of phenols is 1. The monoisotopic (exact) mass is 247 g/mol. The van der Waals surface area contributed by atoms with E-state index in [0.29, 0.717) is 18.3 Å². The number of benzene rings is 1. The summed E-state index contributed by atoms with van der Waals surface area (Å²) in [4.78, 5) is 4.32. The van der Waals surface area contributed by atoms with Crippen LogP contribution in [0.25, 0.3) is 0 Å². The molecule has 5 heteroatoms. The Morgan fingerprint density at radius 2 is 1.89 bits per heavy atom. The van der Waals surface area contributed by atoms with Crippen LogP contribution in [0.4, 0.5) is 5.69 Å². The molecule has 96 valence electrons. The van der Waals surface area contributed by atoms with Crippen molar-refractivity contribution in [2.45, 2.75) is 32.7 Å². The highest BCUT2D eigenvalue weighted by Crippen LogP contribution is 2.19. The van der Waals surface area contributed by atoms with Crippen molar-refractivity contribution in [3.63, 3.8) is 0 Å². The van der Waals surface area contributed by atoms with Gasteiger partial charge in [0.25, 0.3) is 0 Å². The zero-order valence-electron chi connectivity index (χ0n) is 10.8. The van der Waals surface area contributed by atoms with Gasteiger partial charge in [-0.3, -0.25) is 0 Å². The van der Waals surface area contributed by atoms with Gasteiger partial charge in [-0.15, -0.1) is 0 Å². The van der Waals surface area contributed by atoms with Crippen molar-refractivity contribution in [2.75, 3.05) is 5.32 Å². The number of nitrogens with zero attached hydrogens (tertiary/aromatic N) is 2. The van der Waals surface area contributed by atoms with Crippen LogP contribution in [0.1, 0.15) is 32.5 Å². The van der Waals surface area contributed by atoms with E-state index in [1.165, 1.54) is 0 Å². The molecule has 0 atom stereocenters. The number of phenolic OH excluding ortho intramolecular Hbond substituents is 1. The molecule has 5 nitrogen and oxygen atoms in total. The van der Waals surface area contributed by atoms with Gasteiger partial charge in [0.15, 0.2) is 5.82 Å². The van der Waals surface area contributed by atoms with Gasteiger partial charge in [-0.1, -0.05) is 25.9 Å². The van der Waals surface area contributed by atoms with Gasteiger partial charge in [0.2, 0.25) is 5.89 Å². The van der Waals surface area contributed by atoms with Crippen molar-refractivity contribution in [1.82, 2.24) is 10.1 Å². The third-order valence-corrected chi connectivity index (χ3v) is 2.45. The topological polar surface area (TPSA) is 71.2 Å². The Morgan fingerprint density at radius 3 is 2.44 bits per heavy atom. The standard InChI is InChI=1S/C13H17N3O2/c1-13(2,3)12-15-11(18-16-12)8-14-9-4-6-10(17)7-5-9/h4-7,14,17H,8H2,1-3H3. The highest BCUT2D eigenvalue weighted by molar-refractivity contribution is 5.45. The van der Waals surface area contributed by atoms with Gasteiger partial charge in [0.05, 0.1) is 6.54 Å². The van der Waals surface area contributed by atoms with Crippen LogP contribution in [0.3, 0.4) is 0 Å². The first-order valence-corrected chi connectivity index (χ1v) is 5.81. The fourth-order valence-electron chi connectivity index (χ4n) is 1.39. The van der Waals surface area contributed by atoms with E-state index in [4.69, 9.17) is 9.63 Å². The fraction of sp³-hybridized carbons (Fsp3) is 0.385. The van der Waals surface area contributed by atoms with Gasteiger partial charge < -0.3 is 14.9 Å². The van der Waals surface area contributed by atoms with E-state index in [-0.39, 0.29) is 11.2 Å². The molecule has 0 aliphatic carbocycles. The highest BCUT2D eigenvalue weighted by atomic mass is 16.5. The smallest absolute Gasteiger partial charge is 0.245 e. The average molecular weight is 247 g/mol. The number of nitrogens with one attached hydrogen (secondary N) is 1. The molecule has 0 radical (unpaired) electrons. The van der Waals surface area contributed by atoms with Crippen molar-refractivity contribution >= 4 is 5.69 Å². The van der Waals surface area contributed by atoms with Crippen LogP contribution in [-0.2, 0) is 12.0 Å². The maximum absolute atomic E-state index is 9.17. The van der Waals surface area contributed by atoms with Crippen molar-refractivity contribution < 1.29 is 9.63 Å². The zero-order valence-corrected chi connectivity index (χ0v) is 10.8. The summed E-state index contributed by atoms with van der Waals surface area (Å²) in [6.45, 7) is 6.58. The third kappa shape index (κ3) is 3.00. The van der Waals surface area contributed by atoms with Gasteiger partial charge in [0, 0.05) is 11.1 Å². The summed E-state index contributed by atoms with van der Waals surface area (Å²) >= 11 is 0. The minimum absolute atomic E-state index is 0.111. The largest absolute Gasteiger partial charge is 0.508 e. The molecule has 2 aromatic rings.